The Morgan fingerprint density at radius 1 is 1.06 bits per heavy atom. The van der Waals surface area contributed by atoms with E-state index in [-0.39, 0.29) is 0 Å². The molecule has 0 spiro atoms. The molecule has 0 saturated carbocycles. The third kappa shape index (κ3) is 1.61. The summed E-state index contributed by atoms with van der Waals surface area (Å²) in [5.74, 6) is 0. The number of pyridine rings is 2. The largest absolute Gasteiger partial charge is 0.417 e. The topological polar surface area (TPSA) is 41.6 Å². The van der Waals surface area contributed by atoms with Crippen molar-refractivity contribution < 1.29 is 13.2 Å². The maximum atomic E-state index is 12.6. The first-order valence-electron chi connectivity index (χ1n) is 5.26. The van der Waals surface area contributed by atoms with E-state index < -0.39 is 11.7 Å². The molecule has 0 radical (unpaired) electrons. The number of halogens is 3. The maximum Gasteiger partial charge on any atom is 0.417 e. The van der Waals surface area contributed by atoms with Crippen LogP contribution in [0.2, 0.25) is 0 Å². The molecular weight excluding hydrogens is 243 g/mol. The fourth-order valence-electron chi connectivity index (χ4n) is 1.93. The molecular formula is C12H8F3N3. The number of nitrogens with zero attached hydrogens (tertiary/aromatic N) is 2. The van der Waals surface area contributed by atoms with Gasteiger partial charge in [0.15, 0.2) is 0 Å². The Kier molecular flexibility index (Phi) is 2.10. The number of aryl methyl sites for hydroxylation is 1. The number of aromatic nitrogens is 3. The van der Waals surface area contributed by atoms with Crippen LogP contribution >= 0.6 is 0 Å². The minimum atomic E-state index is -4.38. The number of rotatable bonds is 0. The van der Waals surface area contributed by atoms with E-state index in [0.29, 0.717) is 21.9 Å². The van der Waals surface area contributed by atoms with Gasteiger partial charge in [-0.05, 0) is 19.1 Å². The number of alkyl halides is 3. The highest BCUT2D eigenvalue weighted by atomic mass is 19.4. The molecule has 0 bridgehead atoms. The monoisotopic (exact) mass is 251 g/mol. The van der Waals surface area contributed by atoms with Crippen LogP contribution < -0.4 is 0 Å². The second-order valence-corrected chi connectivity index (χ2v) is 4.11. The standard InChI is InChI=1S/C12H8F3N3/c1-6-2-8-9-3-7(12(13,14)15)4-17-11(9)18-10(8)5-16-6/h2-5H,1H3,(H,17,18). The van der Waals surface area contributed by atoms with Crippen molar-refractivity contribution >= 4 is 21.9 Å². The van der Waals surface area contributed by atoms with Crippen LogP contribution in [-0.4, -0.2) is 15.0 Å². The molecule has 0 saturated heterocycles. The van der Waals surface area contributed by atoms with Gasteiger partial charge in [-0.1, -0.05) is 0 Å². The summed E-state index contributed by atoms with van der Waals surface area (Å²) in [4.78, 5) is 10.8. The summed E-state index contributed by atoms with van der Waals surface area (Å²) in [5, 5.41) is 1.17. The van der Waals surface area contributed by atoms with Crippen molar-refractivity contribution in [3.63, 3.8) is 0 Å². The fraction of sp³-hybridized carbons (Fsp3) is 0.167. The Bertz CT molecular complexity index is 743. The molecule has 0 amide bonds. The highest BCUT2D eigenvalue weighted by Crippen LogP contribution is 2.32. The molecule has 0 fully saturated rings. The summed E-state index contributed by atoms with van der Waals surface area (Å²) in [6, 6.07) is 2.86. The van der Waals surface area contributed by atoms with Gasteiger partial charge in [0.2, 0.25) is 0 Å². The normalized spacial score (nSPS) is 12.4. The van der Waals surface area contributed by atoms with Gasteiger partial charge in [0.05, 0.1) is 17.3 Å². The van der Waals surface area contributed by atoms with Gasteiger partial charge in [-0.15, -0.1) is 0 Å². The van der Waals surface area contributed by atoms with Crippen molar-refractivity contribution in [3.8, 4) is 0 Å². The average molecular weight is 251 g/mol. The van der Waals surface area contributed by atoms with Gasteiger partial charge in [-0.2, -0.15) is 13.2 Å². The highest BCUT2D eigenvalue weighted by Gasteiger charge is 2.31. The third-order valence-electron chi connectivity index (χ3n) is 2.80. The lowest BCUT2D eigenvalue weighted by atomic mass is 10.1. The zero-order valence-corrected chi connectivity index (χ0v) is 9.34. The molecule has 1 N–H and O–H groups in total. The summed E-state index contributed by atoms with van der Waals surface area (Å²) < 4.78 is 37.9. The molecule has 0 aromatic carbocycles. The Morgan fingerprint density at radius 3 is 2.56 bits per heavy atom. The molecule has 3 aromatic rings. The first-order valence-corrected chi connectivity index (χ1v) is 5.26. The second kappa shape index (κ2) is 3.44. The lowest BCUT2D eigenvalue weighted by molar-refractivity contribution is -0.137. The van der Waals surface area contributed by atoms with Crippen molar-refractivity contribution in [1.82, 2.24) is 15.0 Å². The van der Waals surface area contributed by atoms with Crippen LogP contribution in [0.5, 0.6) is 0 Å². The molecule has 0 atom stereocenters. The Morgan fingerprint density at radius 2 is 1.83 bits per heavy atom. The zero-order chi connectivity index (χ0) is 12.9. The van der Waals surface area contributed by atoms with E-state index in [9.17, 15) is 13.2 Å². The minimum Gasteiger partial charge on any atom is -0.338 e. The number of nitrogens with one attached hydrogen (secondary N) is 1. The molecule has 6 heteroatoms. The lowest BCUT2D eigenvalue weighted by Gasteiger charge is -2.05. The van der Waals surface area contributed by atoms with Gasteiger partial charge in [0, 0.05) is 22.7 Å². The van der Waals surface area contributed by atoms with Crippen LogP contribution in [-0.2, 0) is 6.18 Å². The van der Waals surface area contributed by atoms with Crippen molar-refractivity contribution in [2.45, 2.75) is 13.1 Å². The SMILES string of the molecule is Cc1cc2c(cn1)[nH]c1ncc(C(F)(F)F)cc12. The molecule has 92 valence electrons. The number of H-pyrrole nitrogens is 1. The maximum absolute atomic E-state index is 12.6. The molecule has 0 aliphatic carbocycles. The fourth-order valence-corrected chi connectivity index (χ4v) is 1.93. The quantitative estimate of drug-likeness (QED) is 0.665. The number of fused-ring (bicyclic) bond motifs is 3. The smallest absolute Gasteiger partial charge is 0.338 e. The summed E-state index contributed by atoms with van der Waals surface area (Å²) in [5.41, 5.74) is 1.12. The van der Waals surface area contributed by atoms with E-state index in [0.717, 1.165) is 18.0 Å². The van der Waals surface area contributed by atoms with Crippen LogP contribution in [0.25, 0.3) is 21.9 Å². The van der Waals surface area contributed by atoms with Crippen molar-refractivity contribution in [3.05, 3.63) is 35.8 Å². The predicted octanol–water partition coefficient (Wildman–Crippen LogP) is 3.44. The van der Waals surface area contributed by atoms with Gasteiger partial charge < -0.3 is 4.98 Å². The molecule has 0 unspecified atom stereocenters. The number of hydrogen-bond donors (Lipinski definition) is 1. The van der Waals surface area contributed by atoms with E-state index in [1.165, 1.54) is 0 Å². The van der Waals surface area contributed by atoms with Crippen LogP contribution in [0.1, 0.15) is 11.3 Å². The van der Waals surface area contributed by atoms with Crippen LogP contribution in [0, 0.1) is 6.92 Å². The van der Waals surface area contributed by atoms with Crippen LogP contribution in [0.3, 0.4) is 0 Å². The third-order valence-corrected chi connectivity index (χ3v) is 2.80. The van der Waals surface area contributed by atoms with Gasteiger partial charge in [0.1, 0.15) is 5.65 Å². The number of aromatic amines is 1. The van der Waals surface area contributed by atoms with E-state index >= 15 is 0 Å². The predicted molar refractivity (Wildman–Crippen MR) is 61.1 cm³/mol. The highest BCUT2D eigenvalue weighted by molar-refractivity contribution is 6.05. The lowest BCUT2D eigenvalue weighted by Crippen LogP contribution is -2.04. The van der Waals surface area contributed by atoms with Gasteiger partial charge in [-0.25, -0.2) is 4.98 Å². The average Bonchev–Trinajstić information content (AvgIpc) is 2.65. The van der Waals surface area contributed by atoms with E-state index in [1.54, 1.807) is 19.2 Å². The summed E-state index contributed by atoms with van der Waals surface area (Å²) in [6.07, 6.45) is -1.95. The number of hydrogen-bond acceptors (Lipinski definition) is 2. The molecule has 3 aromatic heterocycles. The molecule has 3 rings (SSSR count). The molecule has 0 aliphatic heterocycles. The van der Waals surface area contributed by atoms with Gasteiger partial charge in [-0.3, -0.25) is 4.98 Å². The van der Waals surface area contributed by atoms with Crippen LogP contribution in [0.15, 0.2) is 24.5 Å². The summed E-state index contributed by atoms with van der Waals surface area (Å²) in [6.45, 7) is 1.79. The Hall–Kier alpha value is -2.11. The van der Waals surface area contributed by atoms with Crippen molar-refractivity contribution in [1.29, 1.82) is 0 Å². The van der Waals surface area contributed by atoms with Gasteiger partial charge in [0.25, 0.3) is 0 Å². The molecule has 3 nitrogen and oxygen atoms in total. The zero-order valence-electron chi connectivity index (χ0n) is 9.34. The Balaban J connectivity index is 2.38. The van der Waals surface area contributed by atoms with Crippen LogP contribution in [0.4, 0.5) is 13.2 Å². The summed E-state index contributed by atoms with van der Waals surface area (Å²) in [7, 11) is 0. The van der Waals surface area contributed by atoms with Crippen molar-refractivity contribution in [2.75, 3.05) is 0 Å². The molecule has 0 aliphatic rings. The second-order valence-electron chi connectivity index (χ2n) is 4.11. The van der Waals surface area contributed by atoms with Crippen molar-refractivity contribution in [2.24, 2.45) is 0 Å². The Labute approximate surface area is 99.7 Å². The van der Waals surface area contributed by atoms with E-state index in [1.807, 2.05) is 0 Å². The minimum absolute atomic E-state index is 0.436. The molecule has 18 heavy (non-hydrogen) atoms. The first-order chi connectivity index (χ1) is 8.45. The molecule has 3 heterocycles. The summed E-state index contributed by atoms with van der Waals surface area (Å²) >= 11 is 0. The van der Waals surface area contributed by atoms with E-state index in [4.69, 9.17) is 0 Å². The van der Waals surface area contributed by atoms with E-state index in [2.05, 4.69) is 15.0 Å². The van der Waals surface area contributed by atoms with Gasteiger partial charge >= 0.3 is 6.18 Å². The first kappa shape index (κ1) is 11.0.